The number of ether oxygens (including phenoxy) is 2. The maximum absolute atomic E-state index is 13.0. The Morgan fingerprint density at radius 2 is 2.08 bits per heavy atom. The molecule has 1 heterocycles. The van der Waals surface area contributed by atoms with E-state index in [1.54, 1.807) is 7.11 Å². The van der Waals surface area contributed by atoms with E-state index in [0.717, 1.165) is 34.3 Å². The Kier molecular flexibility index (Phi) is 6.31. The van der Waals surface area contributed by atoms with Gasteiger partial charge in [-0.25, -0.2) is 0 Å². The fourth-order valence-corrected chi connectivity index (χ4v) is 3.38. The highest BCUT2D eigenvalue weighted by atomic mass is 127. The van der Waals surface area contributed by atoms with E-state index < -0.39 is 0 Å². The van der Waals surface area contributed by atoms with Gasteiger partial charge in [-0.05, 0) is 77.4 Å². The van der Waals surface area contributed by atoms with Gasteiger partial charge in [0.05, 0.1) is 13.2 Å². The molecule has 132 valence electrons. The Labute approximate surface area is 162 Å². The SMILES string of the molecule is COc1cccc(CN(CC2CCCO2)C(=O)c2ccc(I)cc2)c1. The minimum atomic E-state index is 0.0368. The minimum Gasteiger partial charge on any atom is -0.497 e. The zero-order valence-corrected chi connectivity index (χ0v) is 16.4. The average molecular weight is 451 g/mol. The molecule has 0 aromatic heterocycles. The summed E-state index contributed by atoms with van der Waals surface area (Å²) in [6.45, 7) is 1.94. The summed E-state index contributed by atoms with van der Waals surface area (Å²) < 4.78 is 12.2. The molecule has 0 N–H and O–H groups in total. The molecule has 0 radical (unpaired) electrons. The highest BCUT2D eigenvalue weighted by Gasteiger charge is 2.23. The van der Waals surface area contributed by atoms with E-state index in [9.17, 15) is 4.79 Å². The lowest BCUT2D eigenvalue weighted by Crippen LogP contribution is -2.37. The van der Waals surface area contributed by atoms with E-state index >= 15 is 0 Å². The summed E-state index contributed by atoms with van der Waals surface area (Å²) in [6.07, 6.45) is 2.20. The van der Waals surface area contributed by atoms with Gasteiger partial charge in [-0.1, -0.05) is 12.1 Å². The van der Waals surface area contributed by atoms with Crippen LogP contribution in [0.3, 0.4) is 0 Å². The van der Waals surface area contributed by atoms with Gasteiger partial charge in [-0.15, -0.1) is 0 Å². The molecule has 5 heteroatoms. The summed E-state index contributed by atoms with van der Waals surface area (Å²) in [5.41, 5.74) is 1.76. The first-order valence-corrected chi connectivity index (χ1v) is 9.53. The van der Waals surface area contributed by atoms with Crippen LogP contribution in [0.2, 0.25) is 0 Å². The zero-order valence-electron chi connectivity index (χ0n) is 14.3. The van der Waals surface area contributed by atoms with E-state index in [1.807, 2.05) is 53.4 Å². The number of benzene rings is 2. The first kappa shape index (κ1) is 18.2. The zero-order chi connectivity index (χ0) is 17.6. The van der Waals surface area contributed by atoms with Gasteiger partial charge in [0.2, 0.25) is 0 Å². The normalized spacial score (nSPS) is 16.6. The molecule has 0 saturated carbocycles. The number of methoxy groups -OCH3 is 1. The van der Waals surface area contributed by atoms with E-state index in [-0.39, 0.29) is 12.0 Å². The summed E-state index contributed by atoms with van der Waals surface area (Å²) in [5.74, 6) is 0.839. The van der Waals surface area contributed by atoms with Crippen LogP contribution < -0.4 is 4.74 Å². The second-order valence-corrected chi connectivity index (χ2v) is 7.42. The molecule has 1 unspecified atom stereocenters. The van der Waals surface area contributed by atoms with Gasteiger partial charge in [0, 0.05) is 28.8 Å². The van der Waals surface area contributed by atoms with Crippen LogP contribution >= 0.6 is 22.6 Å². The number of nitrogens with zero attached hydrogens (tertiary/aromatic N) is 1. The van der Waals surface area contributed by atoms with Gasteiger partial charge in [-0.3, -0.25) is 4.79 Å². The quantitative estimate of drug-likeness (QED) is 0.621. The molecule has 1 fully saturated rings. The third-order valence-electron chi connectivity index (χ3n) is 4.33. The summed E-state index contributed by atoms with van der Waals surface area (Å²) in [6, 6.07) is 15.6. The molecule has 1 saturated heterocycles. The lowest BCUT2D eigenvalue weighted by Gasteiger charge is -2.26. The first-order valence-electron chi connectivity index (χ1n) is 8.45. The Balaban J connectivity index is 1.80. The highest BCUT2D eigenvalue weighted by molar-refractivity contribution is 14.1. The molecule has 2 aromatic rings. The maximum atomic E-state index is 13.0. The predicted molar refractivity (Wildman–Crippen MR) is 106 cm³/mol. The Bertz CT molecular complexity index is 711. The van der Waals surface area contributed by atoms with Crippen LogP contribution in [0.5, 0.6) is 5.75 Å². The monoisotopic (exact) mass is 451 g/mol. The van der Waals surface area contributed by atoms with E-state index in [2.05, 4.69) is 22.6 Å². The van der Waals surface area contributed by atoms with E-state index in [1.165, 1.54) is 0 Å². The predicted octanol–water partition coefficient (Wildman–Crippen LogP) is 4.12. The molecule has 0 aliphatic carbocycles. The lowest BCUT2D eigenvalue weighted by molar-refractivity contribution is 0.0507. The first-order chi connectivity index (χ1) is 12.2. The highest BCUT2D eigenvalue weighted by Crippen LogP contribution is 2.20. The van der Waals surface area contributed by atoms with Crippen LogP contribution in [-0.4, -0.2) is 37.2 Å². The number of hydrogen-bond acceptors (Lipinski definition) is 3. The van der Waals surface area contributed by atoms with Crippen molar-refractivity contribution in [2.75, 3.05) is 20.3 Å². The van der Waals surface area contributed by atoms with E-state index in [4.69, 9.17) is 9.47 Å². The number of halogens is 1. The molecule has 1 amide bonds. The van der Waals surface area contributed by atoms with Gasteiger partial charge >= 0.3 is 0 Å². The van der Waals surface area contributed by atoms with Crippen LogP contribution in [0, 0.1) is 3.57 Å². The summed E-state index contributed by atoms with van der Waals surface area (Å²) in [7, 11) is 1.65. The number of rotatable bonds is 6. The Morgan fingerprint density at radius 3 is 2.76 bits per heavy atom. The van der Waals surface area contributed by atoms with Gasteiger partial charge in [-0.2, -0.15) is 0 Å². The third-order valence-corrected chi connectivity index (χ3v) is 5.05. The summed E-state index contributed by atoms with van der Waals surface area (Å²) >= 11 is 2.25. The van der Waals surface area contributed by atoms with Crippen molar-refractivity contribution in [1.82, 2.24) is 4.90 Å². The molecule has 25 heavy (non-hydrogen) atoms. The average Bonchev–Trinajstić information content (AvgIpc) is 3.14. The van der Waals surface area contributed by atoms with Crippen molar-refractivity contribution < 1.29 is 14.3 Å². The fraction of sp³-hybridized carbons (Fsp3) is 0.350. The van der Waals surface area contributed by atoms with Gasteiger partial charge in [0.15, 0.2) is 0 Å². The molecule has 0 spiro atoms. The van der Waals surface area contributed by atoms with Crippen molar-refractivity contribution in [2.45, 2.75) is 25.5 Å². The maximum Gasteiger partial charge on any atom is 0.254 e. The third kappa shape index (κ3) is 4.95. The standard InChI is InChI=1S/C20H22INO3/c1-24-18-5-2-4-15(12-18)13-22(14-19-6-3-11-25-19)20(23)16-7-9-17(21)10-8-16/h2,4-5,7-10,12,19H,3,6,11,13-14H2,1H3. The summed E-state index contributed by atoms with van der Waals surface area (Å²) in [5, 5.41) is 0. The molecule has 1 aliphatic heterocycles. The van der Waals surface area contributed by atoms with Gasteiger partial charge in [0.1, 0.15) is 5.75 Å². The molecule has 3 rings (SSSR count). The van der Waals surface area contributed by atoms with Crippen LogP contribution in [0.4, 0.5) is 0 Å². The number of amides is 1. The van der Waals surface area contributed by atoms with Crippen molar-refractivity contribution in [3.05, 3.63) is 63.2 Å². The number of carbonyl (C=O) groups is 1. The molecule has 0 bridgehead atoms. The molecule has 1 aliphatic rings. The number of carbonyl (C=O) groups excluding carboxylic acids is 1. The van der Waals surface area contributed by atoms with Crippen molar-refractivity contribution in [2.24, 2.45) is 0 Å². The minimum absolute atomic E-state index is 0.0368. The molecular weight excluding hydrogens is 429 g/mol. The molecule has 1 atom stereocenters. The number of hydrogen-bond donors (Lipinski definition) is 0. The Hall–Kier alpha value is -1.60. The van der Waals surface area contributed by atoms with Crippen molar-refractivity contribution in [3.63, 3.8) is 0 Å². The Morgan fingerprint density at radius 1 is 1.28 bits per heavy atom. The lowest BCUT2D eigenvalue weighted by atomic mass is 10.1. The molecule has 4 nitrogen and oxygen atoms in total. The van der Waals surface area contributed by atoms with Crippen LogP contribution in [-0.2, 0) is 11.3 Å². The van der Waals surface area contributed by atoms with Gasteiger partial charge < -0.3 is 14.4 Å². The summed E-state index contributed by atoms with van der Waals surface area (Å²) in [4.78, 5) is 14.9. The molecule has 2 aromatic carbocycles. The van der Waals surface area contributed by atoms with E-state index in [0.29, 0.717) is 18.7 Å². The largest absolute Gasteiger partial charge is 0.497 e. The smallest absolute Gasteiger partial charge is 0.254 e. The molecular formula is C20H22INO3. The second kappa shape index (κ2) is 8.67. The van der Waals surface area contributed by atoms with Crippen molar-refractivity contribution in [3.8, 4) is 5.75 Å². The van der Waals surface area contributed by atoms with Crippen molar-refractivity contribution in [1.29, 1.82) is 0 Å². The van der Waals surface area contributed by atoms with Crippen LogP contribution in [0.15, 0.2) is 48.5 Å². The topological polar surface area (TPSA) is 38.8 Å². The van der Waals surface area contributed by atoms with Crippen LogP contribution in [0.25, 0.3) is 0 Å². The van der Waals surface area contributed by atoms with Crippen molar-refractivity contribution >= 4 is 28.5 Å². The fourth-order valence-electron chi connectivity index (χ4n) is 3.02. The second-order valence-electron chi connectivity index (χ2n) is 6.18. The van der Waals surface area contributed by atoms with Crippen LogP contribution in [0.1, 0.15) is 28.8 Å². The van der Waals surface area contributed by atoms with Gasteiger partial charge in [0.25, 0.3) is 5.91 Å².